The minimum atomic E-state index is 0.588. The van der Waals surface area contributed by atoms with Gasteiger partial charge in [-0.05, 0) is 69.4 Å². The number of nitrogens with zero attached hydrogens (tertiary/aromatic N) is 2. The van der Waals surface area contributed by atoms with Gasteiger partial charge in [-0.1, -0.05) is 6.07 Å². The molecule has 2 nitrogen and oxygen atoms in total. The molecule has 0 N–H and O–H groups in total. The molecule has 16 heavy (non-hydrogen) atoms. The normalized spacial score (nSPS) is 9.81. The quantitative estimate of drug-likeness (QED) is 0.643. The summed E-state index contributed by atoms with van der Waals surface area (Å²) >= 11 is 4.60. The summed E-state index contributed by atoms with van der Waals surface area (Å²) in [6.45, 7) is 0. The highest BCUT2D eigenvalue weighted by Crippen LogP contribution is 2.28. The molecule has 0 unspecified atom stereocenters. The van der Waals surface area contributed by atoms with Crippen molar-refractivity contribution >= 4 is 45.2 Å². The van der Waals surface area contributed by atoms with Crippen molar-refractivity contribution in [3.05, 3.63) is 49.2 Å². The first kappa shape index (κ1) is 11.8. The van der Waals surface area contributed by atoms with Crippen LogP contribution in [0.2, 0.25) is 0 Å². The molecule has 1 heterocycles. The van der Waals surface area contributed by atoms with E-state index < -0.39 is 0 Å². The molecule has 0 saturated heterocycles. The van der Waals surface area contributed by atoms with Crippen LogP contribution >= 0.6 is 45.2 Å². The maximum Gasteiger partial charge on any atom is 0.101 e. The molecular formula is C12H6I2N2. The average molecular weight is 432 g/mol. The zero-order valence-electron chi connectivity index (χ0n) is 8.11. The van der Waals surface area contributed by atoms with Crippen LogP contribution in [0.3, 0.4) is 0 Å². The smallest absolute Gasteiger partial charge is 0.101 e. The van der Waals surface area contributed by atoms with Crippen molar-refractivity contribution in [1.82, 2.24) is 4.98 Å². The van der Waals surface area contributed by atoms with Gasteiger partial charge >= 0.3 is 0 Å². The Morgan fingerprint density at radius 2 is 1.75 bits per heavy atom. The summed E-state index contributed by atoms with van der Waals surface area (Å²) in [6.07, 6.45) is 1.61. The minimum absolute atomic E-state index is 0.588. The number of hydrogen-bond donors (Lipinski definition) is 0. The van der Waals surface area contributed by atoms with Crippen LogP contribution in [0, 0.1) is 18.5 Å². The Morgan fingerprint density at radius 3 is 2.25 bits per heavy atom. The van der Waals surface area contributed by atoms with Gasteiger partial charge in [0.05, 0.1) is 11.3 Å². The summed E-state index contributed by atoms with van der Waals surface area (Å²) in [4.78, 5) is 4.31. The van der Waals surface area contributed by atoms with E-state index in [-0.39, 0.29) is 0 Å². The van der Waals surface area contributed by atoms with Crippen LogP contribution in [-0.4, -0.2) is 4.98 Å². The number of nitriles is 1. The summed E-state index contributed by atoms with van der Waals surface area (Å²) < 4.78 is 2.34. The maximum atomic E-state index is 8.72. The second-order valence-electron chi connectivity index (χ2n) is 3.14. The lowest BCUT2D eigenvalue weighted by atomic mass is 10.1. The fraction of sp³-hybridized carbons (Fsp3) is 0. The molecule has 0 bridgehead atoms. The Labute approximate surface area is 121 Å². The zero-order chi connectivity index (χ0) is 11.5. The van der Waals surface area contributed by atoms with Crippen LogP contribution in [0.4, 0.5) is 0 Å². The molecule has 0 aliphatic rings. The SMILES string of the molecule is N#Cc1ccc(-c2c(I)cccc2I)nc1. The third-order valence-corrected chi connectivity index (χ3v) is 3.91. The Hall–Kier alpha value is -0.680. The van der Waals surface area contributed by atoms with Crippen molar-refractivity contribution in [3.63, 3.8) is 0 Å². The lowest BCUT2D eigenvalue weighted by Crippen LogP contribution is -1.90. The minimum Gasteiger partial charge on any atom is -0.255 e. The van der Waals surface area contributed by atoms with E-state index in [4.69, 9.17) is 5.26 Å². The number of halogens is 2. The zero-order valence-corrected chi connectivity index (χ0v) is 12.4. The molecule has 2 rings (SSSR count). The Balaban J connectivity index is 2.55. The fourth-order valence-corrected chi connectivity index (χ4v) is 3.42. The van der Waals surface area contributed by atoms with Crippen LogP contribution < -0.4 is 0 Å². The van der Waals surface area contributed by atoms with Crippen molar-refractivity contribution in [3.8, 4) is 17.3 Å². The number of benzene rings is 1. The number of rotatable bonds is 1. The van der Waals surface area contributed by atoms with Crippen molar-refractivity contribution in [2.24, 2.45) is 0 Å². The largest absolute Gasteiger partial charge is 0.255 e. The molecule has 0 atom stereocenters. The summed E-state index contributed by atoms with van der Waals surface area (Å²) in [5.41, 5.74) is 2.63. The summed E-state index contributed by atoms with van der Waals surface area (Å²) in [7, 11) is 0. The molecule has 0 aliphatic heterocycles. The first-order valence-electron chi connectivity index (χ1n) is 4.53. The molecule has 0 radical (unpaired) electrons. The van der Waals surface area contributed by atoms with E-state index in [1.54, 1.807) is 12.3 Å². The summed E-state index contributed by atoms with van der Waals surface area (Å²) in [5, 5.41) is 8.72. The van der Waals surface area contributed by atoms with Crippen molar-refractivity contribution in [1.29, 1.82) is 5.26 Å². The molecule has 0 amide bonds. The highest BCUT2D eigenvalue weighted by atomic mass is 127. The molecule has 4 heteroatoms. The van der Waals surface area contributed by atoms with Gasteiger partial charge in [-0.2, -0.15) is 5.26 Å². The molecular weight excluding hydrogens is 426 g/mol. The van der Waals surface area contributed by atoms with Gasteiger partial charge in [-0.3, -0.25) is 4.98 Å². The highest BCUT2D eigenvalue weighted by Gasteiger charge is 2.08. The predicted octanol–water partition coefficient (Wildman–Crippen LogP) is 3.83. The van der Waals surface area contributed by atoms with E-state index >= 15 is 0 Å². The Kier molecular flexibility index (Phi) is 3.76. The van der Waals surface area contributed by atoms with E-state index in [0.717, 1.165) is 11.3 Å². The van der Waals surface area contributed by atoms with E-state index in [0.29, 0.717) is 5.56 Å². The number of pyridine rings is 1. The monoisotopic (exact) mass is 432 g/mol. The third kappa shape index (κ3) is 2.35. The van der Waals surface area contributed by atoms with Gasteiger partial charge in [-0.15, -0.1) is 0 Å². The van der Waals surface area contributed by atoms with Crippen LogP contribution in [-0.2, 0) is 0 Å². The molecule has 0 aliphatic carbocycles. The molecule has 2 aromatic rings. The number of aromatic nitrogens is 1. The lowest BCUT2D eigenvalue weighted by molar-refractivity contribution is 1.29. The topological polar surface area (TPSA) is 36.7 Å². The van der Waals surface area contributed by atoms with E-state index in [1.807, 2.05) is 12.1 Å². The van der Waals surface area contributed by atoms with Gasteiger partial charge in [0.1, 0.15) is 6.07 Å². The van der Waals surface area contributed by atoms with E-state index in [2.05, 4.69) is 68.4 Å². The third-order valence-electron chi connectivity index (χ3n) is 2.11. The van der Waals surface area contributed by atoms with Crippen LogP contribution in [0.15, 0.2) is 36.5 Å². The predicted molar refractivity (Wildman–Crippen MR) is 79.8 cm³/mol. The summed E-state index contributed by atoms with van der Waals surface area (Å²) in [6, 6.07) is 11.9. The molecule has 0 saturated carbocycles. The lowest BCUT2D eigenvalue weighted by Gasteiger charge is -2.06. The van der Waals surface area contributed by atoms with Gasteiger partial charge in [0.15, 0.2) is 0 Å². The fourth-order valence-electron chi connectivity index (χ4n) is 1.35. The average Bonchev–Trinajstić information content (AvgIpc) is 2.30. The van der Waals surface area contributed by atoms with E-state index in [1.165, 1.54) is 7.14 Å². The molecule has 0 fully saturated rings. The molecule has 0 spiro atoms. The van der Waals surface area contributed by atoms with Gasteiger partial charge in [0.2, 0.25) is 0 Å². The second kappa shape index (κ2) is 5.10. The first-order chi connectivity index (χ1) is 7.72. The second-order valence-corrected chi connectivity index (χ2v) is 5.46. The summed E-state index contributed by atoms with van der Waals surface area (Å²) in [5.74, 6) is 0. The number of hydrogen-bond acceptors (Lipinski definition) is 2. The van der Waals surface area contributed by atoms with Crippen molar-refractivity contribution < 1.29 is 0 Å². The van der Waals surface area contributed by atoms with Crippen LogP contribution in [0.5, 0.6) is 0 Å². The van der Waals surface area contributed by atoms with Crippen LogP contribution in [0.25, 0.3) is 11.3 Å². The molecule has 1 aromatic carbocycles. The van der Waals surface area contributed by atoms with Gasteiger partial charge in [0, 0.05) is 18.9 Å². The van der Waals surface area contributed by atoms with E-state index in [9.17, 15) is 0 Å². The van der Waals surface area contributed by atoms with Crippen molar-refractivity contribution in [2.75, 3.05) is 0 Å². The van der Waals surface area contributed by atoms with Gasteiger partial charge in [0.25, 0.3) is 0 Å². The first-order valence-corrected chi connectivity index (χ1v) is 6.68. The van der Waals surface area contributed by atoms with Gasteiger partial charge < -0.3 is 0 Å². The highest BCUT2D eigenvalue weighted by molar-refractivity contribution is 14.1. The van der Waals surface area contributed by atoms with Crippen molar-refractivity contribution in [2.45, 2.75) is 0 Å². The van der Waals surface area contributed by atoms with Gasteiger partial charge in [-0.25, -0.2) is 0 Å². The molecule has 78 valence electrons. The Morgan fingerprint density at radius 1 is 1.06 bits per heavy atom. The Bertz CT molecular complexity index is 536. The maximum absolute atomic E-state index is 8.72. The standard InChI is InChI=1S/C12H6I2N2/c13-9-2-1-3-10(14)12(9)11-5-4-8(6-15)7-16-11/h1-5,7H. The van der Waals surface area contributed by atoms with Crippen LogP contribution in [0.1, 0.15) is 5.56 Å². The molecule has 1 aromatic heterocycles.